The minimum atomic E-state index is 0.0381. The van der Waals surface area contributed by atoms with Crippen LogP contribution in [-0.4, -0.2) is 52.2 Å². The quantitative estimate of drug-likeness (QED) is 0.431. The highest BCUT2D eigenvalue weighted by molar-refractivity contribution is 6.30. The van der Waals surface area contributed by atoms with Crippen molar-refractivity contribution in [2.75, 3.05) is 19.7 Å². The van der Waals surface area contributed by atoms with Gasteiger partial charge in [-0.15, -0.1) is 0 Å². The van der Waals surface area contributed by atoms with E-state index >= 15 is 0 Å². The summed E-state index contributed by atoms with van der Waals surface area (Å²) < 4.78 is 7.73. The van der Waals surface area contributed by atoms with E-state index in [0.717, 1.165) is 54.4 Å². The van der Waals surface area contributed by atoms with Crippen LogP contribution in [0.1, 0.15) is 58.4 Å². The lowest BCUT2D eigenvalue weighted by Gasteiger charge is -2.39. The first-order chi connectivity index (χ1) is 16.5. The molecule has 3 aromatic rings. The topological polar surface area (TPSA) is 64.4 Å². The second-order valence-electron chi connectivity index (χ2n) is 9.56. The van der Waals surface area contributed by atoms with Crippen molar-refractivity contribution in [3.05, 3.63) is 64.3 Å². The molecule has 1 amide bonds. The van der Waals surface area contributed by atoms with Gasteiger partial charge in [0, 0.05) is 66.3 Å². The zero-order valence-corrected chi connectivity index (χ0v) is 20.3. The molecule has 0 radical (unpaired) electrons. The summed E-state index contributed by atoms with van der Waals surface area (Å²) in [6.07, 6.45) is 6.95. The van der Waals surface area contributed by atoms with Crippen LogP contribution in [0.5, 0.6) is 0 Å². The molecule has 0 N–H and O–H groups in total. The summed E-state index contributed by atoms with van der Waals surface area (Å²) in [5.74, 6) is 0.579. The van der Waals surface area contributed by atoms with Crippen molar-refractivity contribution in [2.24, 2.45) is 5.92 Å². The van der Waals surface area contributed by atoms with Crippen LogP contribution in [0.3, 0.4) is 0 Å². The fourth-order valence-electron chi connectivity index (χ4n) is 5.03. The summed E-state index contributed by atoms with van der Waals surface area (Å²) in [7, 11) is 0. The maximum atomic E-state index is 12.9. The molecular weight excluding hydrogens is 450 g/mol. The van der Waals surface area contributed by atoms with Crippen molar-refractivity contribution in [3.8, 4) is 0 Å². The molecule has 2 aromatic carbocycles. The van der Waals surface area contributed by atoms with E-state index in [1.165, 1.54) is 6.42 Å². The van der Waals surface area contributed by atoms with E-state index in [1.54, 1.807) is 24.3 Å². The Labute approximate surface area is 204 Å². The number of aryl methyl sites for hydroxylation is 1. The SMILES string of the molecule is Cc1c(C(=O)CCC2CCCCO2)ccc2nn(CC3CN(C(=O)c4ccc(Cl)cc4)C3)cc12. The number of halogens is 1. The molecule has 3 heterocycles. The molecule has 1 atom stereocenters. The van der Waals surface area contributed by atoms with E-state index in [-0.39, 0.29) is 17.8 Å². The number of carbonyl (C=O) groups is 2. The third kappa shape index (κ3) is 4.89. The van der Waals surface area contributed by atoms with Gasteiger partial charge in [0.15, 0.2) is 5.78 Å². The molecular formula is C27H30ClN3O3. The third-order valence-electron chi connectivity index (χ3n) is 7.05. The number of hydrogen-bond donors (Lipinski definition) is 0. The second-order valence-corrected chi connectivity index (χ2v) is 9.99. The predicted octanol–water partition coefficient (Wildman–Crippen LogP) is 5.30. The molecule has 1 aromatic heterocycles. The number of likely N-dealkylation sites (tertiary alicyclic amines) is 1. The van der Waals surface area contributed by atoms with Gasteiger partial charge in [0.1, 0.15) is 0 Å². The summed E-state index contributed by atoms with van der Waals surface area (Å²) in [6, 6.07) is 10.9. The highest BCUT2D eigenvalue weighted by atomic mass is 35.5. The smallest absolute Gasteiger partial charge is 0.253 e. The minimum absolute atomic E-state index is 0.0381. The Kier molecular flexibility index (Phi) is 6.70. The van der Waals surface area contributed by atoms with Crippen LogP contribution in [0.25, 0.3) is 10.9 Å². The van der Waals surface area contributed by atoms with Gasteiger partial charge in [-0.05, 0) is 74.6 Å². The standard InChI is InChI=1S/C27H30ClN3O3/c1-18-23(26(32)12-9-22-4-2-3-13-34-22)10-11-25-24(18)17-31(29-25)16-19-14-30(15-19)27(33)20-5-7-21(28)8-6-20/h5-8,10-11,17,19,22H,2-4,9,12-16H2,1H3. The molecule has 5 rings (SSSR count). The van der Waals surface area contributed by atoms with E-state index in [0.29, 0.717) is 36.0 Å². The monoisotopic (exact) mass is 479 g/mol. The van der Waals surface area contributed by atoms with Crippen molar-refractivity contribution < 1.29 is 14.3 Å². The third-order valence-corrected chi connectivity index (χ3v) is 7.31. The number of benzene rings is 2. The number of ether oxygens (including phenoxy) is 1. The van der Waals surface area contributed by atoms with Crippen LogP contribution in [-0.2, 0) is 11.3 Å². The molecule has 6 nitrogen and oxygen atoms in total. The summed E-state index contributed by atoms with van der Waals surface area (Å²) >= 11 is 5.92. The second kappa shape index (κ2) is 9.88. The molecule has 2 saturated heterocycles. The minimum Gasteiger partial charge on any atom is -0.378 e. The first-order valence-corrected chi connectivity index (χ1v) is 12.5. The van der Waals surface area contributed by atoms with E-state index < -0.39 is 0 Å². The Bertz CT molecular complexity index is 1190. The number of nitrogens with zero attached hydrogens (tertiary/aromatic N) is 3. The van der Waals surface area contributed by atoms with Gasteiger partial charge >= 0.3 is 0 Å². The van der Waals surface area contributed by atoms with E-state index in [9.17, 15) is 9.59 Å². The van der Waals surface area contributed by atoms with E-state index in [2.05, 4.69) is 0 Å². The molecule has 7 heteroatoms. The number of rotatable bonds is 7. The van der Waals surface area contributed by atoms with Crippen LogP contribution < -0.4 is 0 Å². The summed E-state index contributed by atoms with van der Waals surface area (Å²) in [6.45, 7) is 5.00. The fourth-order valence-corrected chi connectivity index (χ4v) is 5.15. The van der Waals surface area contributed by atoms with E-state index in [4.69, 9.17) is 21.4 Å². The average Bonchev–Trinajstić information content (AvgIpc) is 3.24. The molecule has 34 heavy (non-hydrogen) atoms. The van der Waals surface area contributed by atoms with Crippen LogP contribution >= 0.6 is 11.6 Å². The maximum absolute atomic E-state index is 12.9. The van der Waals surface area contributed by atoms with Crippen molar-refractivity contribution in [1.29, 1.82) is 0 Å². The molecule has 0 spiro atoms. The molecule has 0 aliphatic carbocycles. The zero-order chi connectivity index (χ0) is 23.7. The molecule has 1 unspecified atom stereocenters. The highest BCUT2D eigenvalue weighted by Gasteiger charge is 2.31. The Morgan fingerprint density at radius 1 is 1.12 bits per heavy atom. The Morgan fingerprint density at radius 3 is 2.65 bits per heavy atom. The molecule has 2 aliphatic heterocycles. The Morgan fingerprint density at radius 2 is 1.91 bits per heavy atom. The molecule has 178 valence electrons. The lowest BCUT2D eigenvalue weighted by molar-refractivity contribution is 0.0104. The van der Waals surface area contributed by atoms with Gasteiger partial charge in [-0.2, -0.15) is 5.10 Å². The molecule has 2 aliphatic rings. The first-order valence-electron chi connectivity index (χ1n) is 12.1. The van der Waals surface area contributed by atoms with Crippen LogP contribution in [0.2, 0.25) is 5.02 Å². The molecule has 0 saturated carbocycles. The lowest BCUT2D eigenvalue weighted by atomic mass is 9.96. The number of hydrogen-bond acceptors (Lipinski definition) is 4. The van der Waals surface area contributed by atoms with Crippen molar-refractivity contribution >= 4 is 34.2 Å². The van der Waals surface area contributed by atoms with Gasteiger partial charge < -0.3 is 9.64 Å². The molecule has 2 fully saturated rings. The fraction of sp³-hybridized carbons (Fsp3) is 0.444. The van der Waals surface area contributed by atoms with Crippen LogP contribution in [0, 0.1) is 12.8 Å². The number of Topliss-reactive ketones (excluding diaryl/α,β-unsaturated/α-hetero) is 1. The largest absolute Gasteiger partial charge is 0.378 e. The van der Waals surface area contributed by atoms with Crippen molar-refractivity contribution in [1.82, 2.24) is 14.7 Å². The molecule has 0 bridgehead atoms. The lowest BCUT2D eigenvalue weighted by Crippen LogP contribution is -2.51. The summed E-state index contributed by atoms with van der Waals surface area (Å²) in [5, 5.41) is 6.37. The van der Waals surface area contributed by atoms with Gasteiger partial charge in [0.25, 0.3) is 5.91 Å². The van der Waals surface area contributed by atoms with Gasteiger partial charge in [0.2, 0.25) is 0 Å². The van der Waals surface area contributed by atoms with Gasteiger partial charge in [-0.3, -0.25) is 14.3 Å². The summed E-state index contributed by atoms with van der Waals surface area (Å²) in [4.78, 5) is 27.4. The number of amides is 1. The highest BCUT2D eigenvalue weighted by Crippen LogP contribution is 2.26. The van der Waals surface area contributed by atoms with Gasteiger partial charge in [-0.1, -0.05) is 11.6 Å². The first kappa shape index (κ1) is 23.1. The van der Waals surface area contributed by atoms with Gasteiger partial charge in [0.05, 0.1) is 11.6 Å². The normalized spacial score (nSPS) is 18.8. The maximum Gasteiger partial charge on any atom is 0.253 e. The average molecular weight is 480 g/mol. The Balaban J connectivity index is 1.19. The van der Waals surface area contributed by atoms with E-state index in [1.807, 2.05) is 34.8 Å². The Hall–Kier alpha value is -2.70. The van der Waals surface area contributed by atoms with Crippen LogP contribution in [0.4, 0.5) is 0 Å². The summed E-state index contributed by atoms with van der Waals surface area (Å²) in [5.41, 5.74) is 3.34. The number of aromatic nitrogens is 2. The van der Waals surface area contributed by atoms with Crippen molar-refractivity contribution in [2.45, 2.75) is 51.7 Å². The number of fused-ring (bicyclic) bond motifs is 1. The zero-order valence-electron chi connectivity index (χ0n) is 19.5. The predicted molar refractivity (Wildman–Crippen MR) is 132 cm³/mol. The van der Waals surface area contributed by atoms with Gasteiger partial charge in [-0.25, -0.2) is 0 Å². The van der Waals surface area contributed by atoms with Crippen molar-refractivity contribution in [3.63, 3.8) is 0 Å². The number of carbonyl (C=O) groups excluding carboxylic acids is 2. The van der Waals surface area contributed by atoms with Crippen LogP contribution in [0.15, 0.2) is 42.6 Å². The number of ketones is 1.